The molecule has 0 saturated carbocycles. The number of rotatable bonds is 1. The molecule has 0 radical (unpaired) electrons. The van der Waals surface area contributed by atoms with Crippen LogP contribution in [0, 0.1) is 0 Å². The van der Waals surface area contributed by atoms with Crippen LogP contribution in [-0.2, 0) is 14.3 Å². The Morgan fingerprint density at radius 3 is 2.20 bits per heavy atom. The summed E-state index contributed by atoms with van der Waals surface area (Å²) in [5.41, 5.74) is 0. The van der Waals surface area contributed by atoms with Gasteiger partial charge in [0.05, 0.1) is 19.2 Å². The van der Waals surface area contributed by atoms with Crippen molar-refractivity contribution in [1.29, 1.82) is 0 Å². The van der Waals surface area contributed by atoms with Crippen molar-refractivity contribution in [3.63, 3.8) is 0 Å². The third-order valence-corrected chi connectivity index (χ3v) is 1.02. The van der Waals surface area contributed by atoms with Gasteiger partial charge in [-0.2, -0.15) is 0 Å². The van der Waals surface area contributed by atoms with Crippen molar-refractivity contribution in [3.8, 4) is 0 Å². The van der Waals surface area contributed by atoms with Gasteiger partial charge in [0.1, 0.15) is 0 Å². The molecule has 0 N–H and O–H groups in total. The first kappa shape index (κ1) is 10.4. The van der Waals surface area contributed by atoms with E-state index in [-0.39, 0.29) is 29.6 Å². The van der Waals surface area contributed by atoms with Crippen LogP contribution in [0.1, 0.15) is 6.42 Å². The minimum atomic E-state index is -1.30. The van der Waals surface area contributed by atoms with E-state index in [0.29, 0.717) is 13.2 Å². The van der Waals surface area contributed by atoms with Gasteiger partial charge in [0.2, 0.25) is 0 Å². The molecule has 1 saturated heterocycles. The van der Waals surface area contributed by atoms with Gasteiger partial charge in [-0.05, 0) is 6.42 Å². The summed E-state index contributed by atoms with van der Waals surface area (Å²) in [6.45, 7) is 0.886. The third-order valence-electron chi connectivity index (χ3n) is 1.02. The van der Waals surface area contributed by atoms with E-state index >= 15 is 0 Å². The van der Waals surface area contributed by atoms with Gasteiger partial charge >= 0.3 is 29.6 Å². The smallest absolute Gasteiger partial charge is 0.545 e. The van der Waals surface area contributed by atoms with Crippen LogP contribution in [0.15, 0.2) is 0 Å². The largest absolute Gasteiger partial charge is 1.00 e. The molecular weight excluding hydrogens is 147 g/mol. The molecule has 0 aromatic heterocycles. The van der Waals surface area contributed by atoms with Crippen LogP contribution >= 0.6 is 0 Å². The van der Waals surface area contributed by atoms with Gasteiger partial charge in [-0.3, -0.25) is 0 Å². The average molecular weight is 154 g/mol. The van der Waals surface area contributed by atoms with E-state index in [9.17, 15) is 9.90 Å². The molecule has 1 fully saturated rings. The van der Waals surface area contributed by atoms with Crippen molar-refractivity contribution in [2.24, 2.45) is 0 Å². The molecule has 0 bridgehead atoms. The van der Waals surface area contributed by atoms with Gasteiger partial charge in [-0.15, -0.1) is 0 Å². The van der Waals surface area contributed by atoms with Crippen molar-refractivity contribution in [1.82, 2.24) is 0 Å². The molecule has 5 heteroatoms. The fourth-order valence-corrected chi connectivity index (χ4v) is 0.624. The Morgan fingerprint density at radius 1 is 1.40 bits per heavy atom. The first-order valence-corrected chi connectivity index (χ1v) is 2.75. The summed E-state index contributed by atoms with van der Waals surface area (Å²) in [4.78, 5) is 9.99. The number of carboxylic acid groups (broad SMARTS) is 1. The van der Waals surface area contributed by atoms with E-state index in [4.69, 9.17) is 0 Å². The molecule has 1 rings (SSSR count). The second-order valence-corrected chi connectivity index (χ2v) is 1.75. The summed E-state index contributed by atoms with van der Waals surface area (Å²) >= 11 is 0. The van der Waals surface area contributed by atoms with E-state index in [1.165, 1.54) is 0 Å². The molecule has 0 aromatic rings. The Hall–Kier alpha value is 0.390. The van der Waals surface area contributed by atoms with Crippen molar-refractivity contribution in [2.75, 3.05) is 13.2 Å². The van der Waals surface area contributed by atoms with Crippen LogP contribution in [0.5, 0.6) is 0 Å². The minimum Gasteiger partial charge on any atom is -0.545 e. The number of carbonyl (C=O) groups is 1. The zero-order chi connectivity index (χ0) is 6.69. The molecule has 52 valence electrons. The number of aliphatic carboxylic acids is 1. The van der Waals surface area contributed by atoms with Gasteiger partial charge in [-0.25, -0.2) is 0 Å². The molecule has 0 aliphatic carbocycles. The summed E-state index contributed by atoms with van der Waals surface area (Å²) in [5.74, 6) is -1.30. The van der Waals surface area contributed by atoms with Crippen LogP contribution in [-0.4, -0.2) is 25.5 Å². The number of carboxylic acids is 1. The summed E-state index contributed by atoms with van der Waals surface area (Å²) in [6, 6.07) is 0. The normalized spacial score (nSPS) is 19.6. The van der Waals surface area contributed by atoms with Gasteiger partial charge in [0, 0.05) is 0 Å². The fourth-order valence-electron chi connectivity index (χ4n) is 0.624. The van der Waals surface area contributed by atoms with E-state index in [1.54, 1.807) is 0 Å². The molecule has 10 heavy (non-hydrogen) atoms. The maximum atomic E-state index is 9.99. The van der Waals surface area contributed by atoms with Crippen LogP contribution in [0.25, 0.3) is 0 Å². The van der Waals surface area contributed by atoms with Crippen LogP contribution < -0.4 is 34.7 Å². The summed E-state index contributed by atoms with van der Waals surface area (Å²) in [6.07, 6.45) is -0.386. The van der Waals surface area contributed by atoms with E-state index < -0.39 is 12.3 Å². The zero-order valence-corrected chi connectivity index (χ0v) is 7.83. The zero-order valence-electron chi connectivity index (χ0n) is 5.83. The van der Waals surface area contributed by atoms with E-state index in [0.717, 1.165) is 6.42 Å². The van der Waals surface area contributed by atoms with Crippen LogP contribution in [0.3, 0.4) is 0 Å². The van der Waals surface area contributed by atoms with E-state index in [1.807, 2.05) is 0 Å². The van der Waals surface area contributed by atoms with Crippen molar-refractivity contribution < 1.29 is 48.9 Å². The molecule has 1 heterocycles. The number of ether oxygens (including phenoxy) is 2. The predicted molar refractivity (Wildman–Crippen MR) is 25.3 cm³/mol. The van der Waals surface area contributed by atoms with Gasteiger partial charge in [0.25, 0.3) is 0 Å². The topological polar surface area (TPSA) is 58.6 Å². The number of carbonyl (C=O) groups excluding carboxylic acids is 1. The first-order valence-electron chi connectivity index (χ1n) is 2.75. The first-order chi connectivity index (χ1) is 4.30. The minimum absolute atomic E-state index is 0. The van der Waals surface area contributed by atoms with Crippen molar-refractivity contribution >= 4 is 5.97 Å². The monoisotopic (exact) mass is 154 g/mol. The Kier molecular flexibility index (Phi) is 5.29. The Bertz CT molecular complexity index is 110. The Labute approximate surface area is 80.8 Å². The molecule has 0 aromatic carbocycles. The quantitative estimate of drug-likeness (QED) is 0.357. The molecular formula is C5H7NaO4. The van der Waals surface area contributed by atoms with Crippen molar-refractivity contribution in [2.45, 2.75) is 12.7 Å². The molecule has 1 aliphatic heterocycles. The standard InChI is InChI=1S/C5H8O4.Na/c6-4(7)5-8-2-1-3-9-5;/h5H,1-3H2,(H,6,7);/q;+1/p-1. The maximum Gasteiger partial charge on any atom is 1.00 e. The fraction of sp³-hybridized carbons (Fsp3) is 0.800. The summed E-state index contributed by atoms with van der Waals surface area (Å²) in [7, 11) is 0. The molecule has 0 atom stereocenters. The number of hydrogen-bond donors (Lipinski definition) is 0. The summed E-state index contributed by atoms with van der Waals surface area (Å²) < 4.78 is 9.31. The molecule has 4 nitrogen and oxygen atoms in total. The molecule has 0 amide bonds. The maximum absolute atomic E-state index is 9.99. The van der Waals surface area contributed by atoms with Gasteiger partial charge in [-0.1, -0.05) is 0 Å². The Morgan fingerprint density at radius 2 is 1.90 bits per heavy atom. The van der Waals surface area contributed by atoms with Crippen LogP contribution in [0.4, 0.5) is 0 Å². The average Bonchev–Trinajstić information content (AvgIpc) is 1.90. The van der Waals surface area contributed by atoms with E-state index in [2.05, 4.69) is 9.47 Å². The summed E-state index contributed by atoms with van der Waals surface area (Å²) in [5, 5.41) is 9.99. The second kappa shape index (κ2) is 5.09. The predicted octanol–water partition coefficient (Wildman–Crippen LogP) is -4.50. The molecule has 0 spiro atoms. The van der Waals surface area contributed by atoms with Gasteiger partial charge < -0.3 is 19.4 Å². The van der Waals surface area contributed by atoms with Crippen molar-refractivity contribution in [3.05, 3.63) is 0 Å². The SMILES string of the molecule is O=C([O-])C1OCCCO1.[Na+]. The van der Waals surface area contributed by atoms with Gasteiger partial charge in [0.15, 0.2) is 6.29 Å². The molecule has 0 unspecified atom stereocenters. The Balaban J connectivity index is 0.000000810. The second-order valence-electron chi connectivity index (χ2n) is 1.75. The molecule has 1 aliphatic rings. The number of hydrogen-bond acceptors (Lipinski definition) is 4. The van der Waals surface area contributed by atoms with Crippen LogP contribution in [0.2, 0.25) is 0 Å². The third kappa shape index (κ3) is 2.98.